The number of amides is 14. The number of aliphatic hydroxyl groups excluding tert-OH is 2. The smallest absolute Gasteiger partial charge is 0.246 e. The molecule has 34 nitrogen and oxygen atoms in total. The zero-order valence-electron chi connectivity index (χ0n) is 65.4. The summed E-state index contributed by atoms with van der Waals surface area (Å²) in [7, 11) is 0. The molecule has 4 aromatic rings. The average molecular weight is 1610 g/mol. The van der Waals surface area contributed by atoms with Crippen molar-refractivity contribution >= 4 is 117 Å². The molecule has 0 unspecified atom stereocenters. The molecule has 3 bridgehead atoms. The van der Waals surface area contributed by atoms with Gasteiger partial charge in [-0.15, -0.1) is 11.8 Å². The van der Waals surface area contributed by atoms with E-state index in [1.807, 2.05) is 12.2 Å². The molecule has 113 heavy (non-hydrogen) atoms. The molecular weight excluding hydrogens is 1500 g/mol. The van der Waals surface area contributed by atoms with Crippen molar-refractivity contribution in [2.45, 2.75) is 234 Å². The third kappa shape index (κ3) is 25.3. The molecule has 616 valence electrons. The second-order valence-corrected chi connectivity index (χ2v) is 33.4. The number of hydrogen-bond acceptors (Lipinski definition) is 21. The van der Waals surface area contributed by atoms with E-state index in [4.69, 9.17) is 5.73 Å². The number of aromatic amines is 1. The van der Waals surface area contributed by atoms with E-state index in [0.717, 1.165) is 0 Å². The van der Waals surface area contributed by atoms with Crippen molar-refractivity contribution in [1.82, 2.24) is 78.7 Å². The molecular formula is C77H108N16O18S2. The van der Waals surface area contributed by atoms with Crippen LogP contribution in [0.25, 0.3) is 11.0 Å². The molecule has 5 heterocycles. The number of carbonyl (C=O) groups is 14. The van der Waals surface area contributed by atoms with Crippen LogP contribution < -0.4 is 69.5 Å². The van der Waals surface area contributed by atoms with Gasteiger partial charge in [0.2, 0.25) is 82.7 Å². The van der Waals surface area contributed by atoms with Gasteiger partial charge in [0.15, 0.2) is 0 Å². The van der Waals surface area contributed by atoms with Gasteiger partial charge in [-0.1, -0.05) is 50.3 Å². The molecule has 2 aromatic carbocycles. The maximum absolute atomic E-state index is 15.6. The fourth-order valence-electron chi connectivity index (χ4n) is 13.0. The molecule has 2 fully saturated rings. The van der Waals surface area contributed by atoms with E-state index in [2.05, 4.69) is 73.8 Å². The summed E-state index contributed by atoms with van der Waals surface area (Å²) in [5.74, 6) is -12.6. The summed E-state index contributed by atoms with van der Waals surface area (Å²) in [6.45, 7) is 15.4. The van der Waals surface area contributed by atoms with Crippen LogP contribution in [0.1, 0.15) is 138 Å². The van der Waals surface area contributed by atoms with E-state index in [0.29, 0.717) is 39.2 Å². The number of thioether (sulfide) groups is 2. The van der Waals surface area contributed by atoms with E-state index in [1.165, 1.54) is 132 Å². The van der Waals surface area contributed by atoms with Crippen LogP contribution in [0.2, 0.25) is 0 Å². The summed E-state index contributed by atoms with van der Waals surface area (Å²) < 4.78 is -1.14. The number of H-pyrrole nitrogens is 1. The van der Waals surface area contributed by atoms with Crippen LogP contribution in [0.15, 0.2) is 85.2 Å². The Bertz CT molecular complexity index is 4140. The van der Waals surface area contributed by atoms with Crippen molar-refractivity contribution in [1.29, 1.82) is 0 Å². The van der Waals surface area contributed by atoms with Crippen molar-refractivity contribution in [2.24, 2.45) is 11.7 Å². The first-order chi connectivity index (χ1) is 53.2. The van der Waals surface area contributed by atoms with Crippen LogP contribution >= 0.6 is 23.5 Å². The number of nitrogens with zero attached hydrogens (tertiary/aromatic N) is 2. The molecule has 3 aliphatic rings. The molecule has 19 N–H and O–H groups in total. The zero-order valence-corrected chi connectivity index (χ0v) is 67.0. The average Bonchev–Trinajstić information content (AvgIpc) is 1.65. The van der Waals surface area contributed by atoms with Gasteiger partial charge < -0.3 is 99.8 Å². The van der Waals surface area contributed by atoms with Gasteiger partial charge in [-0.3, -0.25) is 67.1 Å². The van der Waals surface area contributed by atoms with Gasteiger partial charge in [0, 0.05) is 85.0 Å². The van der Waals surface area contributed by atoms with Gasteiger partial charge >= 0.3 is 0 Å². The van der Waals surface area contributed by atoms with Crippen LogP contribution in [0.3, 0.4) is 0 Å². The van der Waals surface area contributed by atoms with Crippen LogP contribution in [0.4, 0.5) is 0 Å². The van der Waals surface area contributed by atoms with Crippen molar-refractivity contribution < 1.29 is 87.5 Å². The number of aliphatic hydroxyl groups is 2. The minimum atomic E-state index is -1.94. The van der Waals surface area contributed by atoms with E-state index in [9.17, 15) is 73.2 Å². The van der Waals surface area contributed by atoms with Crippen LogP contribution in [0, 0.1) is 5.92 Å². The maximum Gasteiger partial charge on any atom is 0.246 e. The van der Waals surface area contributed by atoms with Crippen LogP contribution in [-0.4, -0.2) is 236 Å². The van der Waals surface area contributed by atoms with Gasteiger partial charge in [-0.25, -0.2) is 4.98 Å². The summed E-state index contributed by atoms with van der Waals surface area (Å²) in [6, 6.07) is -0.354. The molecule has 2 aromatic heterocycles. The molecule has 7 rings (SSSR count). The Labute approximate surface area is 663 Å². The van der Waals surface area contributed by atoms with E-state index < -0.39 is 182 Å². The maximum atomic E-state index is 15.6. The van der Waals surface area contributed by atoms with Crippen molar-refractivity contribution in [3.63, 3.8) is 0 Å². The Hall–Kier alpha value is -10.3. The van der Waals surface area contributed by atoms with Crippen molar-refractivity contribution in [3.05, 3.63) is 102 Å². The summed E-state index contributed by atoms with van der Waals surface area (Å²) in [6.07, 6.45) is 2.95. The molecule has 3 aliphatic heterocycles. The number of nitrogens with one attached hydrogen (secondary N) is 13. The predicted octanol–water partition coefficient (Wildman–Crippen LogP) is -0.668. The number of phenols is 2. The van der Waals surface area contributed by atoms with Crippen LogP contribution in [-0.2, 0) is 86.4 Å². The van der Waals surface area contributed by atoms with Gasteiger partial charge in [0.1, 0.15) is 88.6 Å². The largest absolute Gasteiger partial charge is 0.508 e. The molecule has 0 radical (unpaired) electrons. The number of aromatic hydroxyl groups is 2. The lowest BCUT2D eigenvalue weighted by Gasteiger charge is -2.36. The van der Waals surface area contributed by atoms with Gasteiger partial charge in [0.25, 0.3) is 0 Å². The Morgan fingerprint density at radius 3 is 1.84 bits per heavy atom. The summed E-state index contributed by atoms with van der Waals surface area (Å²) >= 11 is 2.76. The molecule has 0 saturated carbocycles. The van der Waals surface area contributed by atoms with Gasteiger partial charge in [-0.05, 0) is 153 Å². The lowest BCUT2D eigenvalue weighted by Crippen LogP contribution is -2.67. The standard InChI is InChI=1S/C77H108N16O18S2/c1-40(2)77(11)74(111)89-60(43(5)95)70(107)84-52(62(78)100)20-16-21-58(99)79-30-13-12-19-53(83-44(6)96)65(102)90-61-71(108)87-56(35-46-24-28-49(98)29-25-46)72(109)93-39-50(112-32-14-15-33-113-76(61,9)10)37-57(93)68(105)88-59(42(4)94)69(106)86-55(36-47-38-81-63-51(47)18-17-31-80-63)66(103)91-75(7,8)73(110)82-41(3)64(101)85-54(67(104)92-77)34-45-22-26-48(97)27-23-45/h14-15,17-18,22-29,31,38,40-43,50,52-57,59-61,94-95,97-98H,12-13,16,19-21,30,32-37,39H2,1-11H3,(H2,78,100)(H,79,99)(H,80,81)(H,82,110)(H,83,96)(H,84,107)(H,85,101)(H,86,106)(H,87,108)(H,88,105)(H,89,111)(H,90,102)(H,91,103)(H,92,104)/b15-14+/t41-,42+,43+,50+,52-,53-,54-,55-,56-,57-,59-,60-,61+,77-/m0/s1. The minimum Gasteiger partial charge on any atom is -0.508 e. The lowest BCUT2D eigenvalue weighted by atomic mass is 9.86. The summed E-state index contributed by atoms with van der Waals surface area (Å²) in [5.41, 5.74) is 3.59. The Morgan fingerprint density at radius 1 is 0.637 bits per heavy atom. The van der Waals surface area contributed by atoms with Crippen molar-refractivity contribution in [2.75, 3.05) is 24.6 Å². The Balaban J connectivity index is 1.25. The van der Waals surface area contributed by atoms with E-state index >= 15 is 14.4 Å². The number of rotatable bonds is 11. The number of benzene rings is 2. The van der Waals surface area contributed by atoms with Gasteiger partial charge in [-0.2, -0.15) is 11.8 Å². The fraction of sp³-hybridized carbons (Fsp3) is 0.545. The normalized spacial score (nSPS) is 27.6. The highest BCUT2D eigenvalue weighted by atomic mass is 32.2. The molecule has 36 heteroatoms. The van der Waals surface area contributed by atoms with E-state index in [1.54, 1.807) is 46.0 Å². The number of fused-ring (bicyclic) bond motifs is 6. The first-order valence-corrected chi connectivity index (χ1v) is 39.7. The first kappa shape index (κ1) is 89.9. The molecule has 0 spiro atoms. The number of hydrogen-bond donors (Lipinski definition) is 18. The quantitative estimate of drug-likeness (QED) is 0.0828. The molecule has 0 aliphatic carbocycles. The predicted molar refractivity (Wildman–Crippen MR) is 421 cm³/mol. The third-order valence-electron chi connectivity index (χ3n) is 20.2. The number of aromatic nitrogens is 2. The number of pyridine rings is 1. The summed E-state index contributed by atoms with van der Waals surface area (Å²) in [5, 5.41) is 74.9. The van der Waals surface area contributed by atoms with Crippen molar-refractivity contribution in [3.8, 4) is 11.5 Å². The van der Waals surface area contributed by atoms with Crippen LogP contribution in [0.5, 0.6) is 11.5 Å². The summed E-state index contributed by atoms with van der Waals surface area (Å²) in [4.78, 5) is 210. The number of nitrogens with two attached hydrogens (primary N) is 1. The number of carbonyl (C=O) groups excluding carboxylic acids is 14. The highest BCUT2D eigenvalue weighted by Crippen LogP contribution is 2.33. The van der Waals surface area contributed by atoms with E-state index in [-0.39, 0.29) is 88.8 Å². The first-order valence-electron chi connectivity index (χ1n) is 37.6. The zero-order chi connectivity index (χ0) is 83.4. The number of primary amides is 1. The molecule has 14 amide bonds. The molecule has 2 saturated heterocycles. The highest BCUT2D eigenvalue weighted by Gasteiger charge is 2.48. The third-order valence-corrected chi connectivity index (χ3v) is 22.7. The lowest BCUT2D eigenvalue weighted by molar-refractivity contribution is -0.143. The topological polar surface area (TPSA) is 522 Å². The monoisotopic (exact) mass is 1610 g/mol. The Kier molecular flexibility index (Phi) is 32.1. The molecule has 14 atom stereocenters. The number of phenolic OH excluding ortho intramolecular Hbond substituents is 2. The van der Waals surface area contributed by atoms with Gasteiger partial charge in [0.05, 0.1) is 12.2 Å². The highest BCUT2D eigenvalue weighted by molar-refractivity contribution is 8.01. The second kappa shape index (κ2) is 40.4. The minimum absolute atomic E-state index is 0.00345. The SMILES string of the molecule is CC(=O)N[C@H]1CCCCNC(=O)CCC[C@@H](C(N)=O)NC(=O)[C@H]([C@@H](C)O)NC(=O)[C@](C)(C(C)C)NC(=O)[C@H](Cc2ccc(O)cc2)NC(=O)[C@H](C)NC(=O)C(C)(C)NC(=O)[C@H](Cc2c[nH]c3ncccc23)NC(=O)[C@H]([C@@H](C)O)NC(=O)[C@@H]2C[C@@H]3CN2C(=O)[C@H](Cc2ccc(O)cc2)NC(=O)[C@@H](NC1=O)C(C)(C)SC/C=C/CS3. The fourth-order valence-corrected chi connectivity index (χ4v) is 15.1. The Morgan fingerprint density at radius 2 is 1.22 bits per heavy atom. The second-order valence-electron chi connectivity index (χ2n) is 30.4.